The van der Waals surface area contributed by atoms with Crippen LogP contribution in [0.2, 0.25) is 0 Å². The lowest BCUT2D eigenvalue weighted by molar-refractivity contribution is -0.134. The summed E-state index contributed by atoms with van der Waals surface area (Å²) >= 11 is 0. The van der Waals surface area contributed by atoms with E-state index in [1.54, 1.807) is 0 Å². The van der Waals surface area contributed by atoms with Crippen LogP contribution in [0.25, 0.3) is 0 Å². The lowest BCUT2D eigenvalue weighted by Gasteiger charge is -2.19. The smallest absolute Gasteiger partial charge is 0.330 e. The highest BCUT2D eigenvalue weighted by atomic mass is 32.2. The molecular weight excluding hydrogens is 269 g/mol. The molecule has 0 radical (unpaired) electrons. The molecule has 2 unspecified atom stereocenters. The van der Waals surface area contributed by atoms with Gasteiger partial charge in [-0.25, -0.2) is 13.1 Å². The van der Waals surface area contributed by atoms with Crippen molar-refractivity contribution < 1.29 is 21.6 Å². The van der Waals surface area contributed by atoms with Crippen molar-refractivity contribution in [3.8, 4) is 0 Å². The minimum Gasteiger partial charge on any atom is -0.330 e. The molecule has 8 heteroatoms. The van der Waals surface area contributed by atoms with Crippen LogP contribution in [0, 0.1) is 5.92 Å². The van der Waals surface area contributed by atoms with Gasteiger partial charge in [0, 0.05) is 12.5 Å². The number of nitrogens with one attached hydrogen (secondary N) is 1. The van der Waals surface area contributed by atoms with Crippen LogP contribution in [-0.4, -0.2) is 32.9 Å². The Morgan fingerprint density at radius 1 is 1.28 bits per heavy atom. The molecule has 0 amide bonds. The summed E-state index contributed by atoms with van der Waals surface area (Å²) in [6.45, 7) is 0.399. The molecule has 0 bridgehead atoms. The van der Waals surface area contributed by atoms with E-state index >= 15 is 0 Å². The minimum absolute atomic E-state index is 0.0994. The fourth-order valence-corrected chi connectivity index (χ4v) is 3.64. The molecule has 3 N–H and O–H groups in total. The third-order valence-corrected chi connectivity index (χ3v) is 4.65. The number of sulfonamides is 1. The van der Waals surface area contributed by atoms with Crippen LogP contribution in [0.5, 0.6) is 0 Å². The topological polar surface area (TPSA) is 72.2 Å². The van der Waals surface area contributed by atoms with E-state index in [-0.39, 0.29) is 12.0 Å². The molecule has 108 valence electrons. The second kappa shape index (κ2) is 6.21. The van der Waals surface area contributed by atoms with Crippen LogP contribution < -0.4 is 10.5 Å². The van der Waals surface area contributed by atoms with Gasteiger partial charge in [-0.3, -0.25) is 0 Å². The number of hydrogen-bond donors (Lipinski definition) is 2. The van der Waals surface area contributed by atoms with E-state index in [0.29, 0.717) is 13.0 Å². The van der Waals surface area contributed by atoms with Gasteiger partial charge in [-0.1, -0.05) is 6.42 Å². The Hall–Kier alpha value is -0.340. The Labute approximate surface area is 105 Å². The summed E-state index contributed by atoms with van der Waals surface area (Å²) in [5, 5.41) is 0. The molecule has 1 rings (SSSR count). The maximum atomic E-state index is 11.9. The Balaban J connectivity index is 2.40. The van der Waals surface area contributed by atoms with E-state index in [9.17, 15) is 21.6 Å². The molecule has 0 heterocycles. The van der Waals surface area contributed by atoms with Gasteiger partial charge in [0.25, 0.3) is 0 Å². The van der Waals surface area contributed by atoms with Crippen molar-refractivity contribution in [2.45, 2.75) is 44.3 Å². The largest absolute Gasteiger partial charge is 0.389 e. The monoisotopic (exact) mass is 288 g/mol. The number of nitrogens with two attached hydrogens (primary N) is 1. The minimum atomic E-state index is -4.30. The zero-order chi connectivity index (χ0) is 13.8. The molecule has 4 nitrogen and oxygen atoms in total. The first-order valence-electron chi connectivity index (χ1n) is 6.00. The summed E-state index contributed by atoms with van der Waals surface area (Å²) < 4.78 is 61.5. The van der Waals surface area contributed by atoms with Crippen molar-refractivity contribution in [3.05, 3.63) is 0 Å². The van der Waals surface area contributed by atoms with E-state index in [1.807, 2.05) is 0 Å². The second-order valence-electron chi connectivity index (χ2n) is 4.69. The molecule has 0 saturated heterocycles. The average Bonchev–Trinajstić information content (AvgIpc) is 2.61. The van der Waals surface area contributed by atoms with E-state index < -0.39 is 34.8 Å². The molecule has 1 saturated carbocycles. The summed E-state index contributed by atoms with van der Waals surface area (Å²) in [6.07, 6.45) is -3.30. The van der Waals surface area contributed by atoms with Gasteiger partial charge in [-0.05, 0) is 31.7 Å². The first-order valence-corrected chi connectivity index (χ1v) is 7.65. The van der Waals surface area contributed by atoms with Crippen LogP contribution in [-0.2, 0) is 10.0 Å². The fraction of sp³-hybridized carbons (Fsp3) is 1.00. The van der Waals surface area contributed by atoms with Crippen LogP contribution in [0.15, 0.2) is 0 Å². The lowest BCUT2D eigenvalue weighted by Crippen LogP contribution is -2.41. The van der Waals surface area contributed by atoms with Crippen molar-refractivity contribution in [1.29, 1.82) is 0 Å². The Kier molecular flexibility index (Phi) is 5.42. The van der Waals surface area contributed by atoms with Crippen LogP contribution >= 0.6 is 0 Å². The predicted molar refractivity (Wildman–Crippen MR) is 62.4 cm³/mol. The molecule has 1 fully saturated rings. The zero-order valence-corrected chi connectivity index (χ0v) is 10.9. The van der Waals surface area contributed by atoms with Gasteiger partial charge in [0.15, 0.2) is 0 Å². The molecular formula is C10H19F3N2O2S. The summed E-state index contributed by atoms with van der Waals surface area (Å²) in [5.41, 5.74) is 5.52. The highest BCUT2D eigenvalue weighted by molar-refractivity contribution is 7.89. The van der Waals surface area contributed by atoms with Gasteiger partial charge in [0.1, 0.15) is 0 Å². The summed E-state index contributed by atoms with van der Waals surface area (Å²) in [6, 6.07) is -0.217. The quantitative estimate of drug-likeness (QED) is 0.775. The average molecular weight is 288 g/mol. The molecule has 0 aliphatic heterocycles. The third-order valence-electron chi connectivity index (χ3n) is 3.17. The van der Waals surface area contributed by atoms with Crippen molar-refractivity contribution in [2.75, 3.05) is 12.3 Å². The number of alkyl halides is 3. The summed E-state index contributed by atoms with van der Waals surface area (Å²) in [5.74, 6) is -0.386. The molecule has 1 aliphatic carbocycles. The summed E-state index contributed by atoms with van der Waals surface area (Å²) in [7, 11) is -3.64. The molecule has 0 aromatic rings. The summed E-state index contributed by atoms with van der Waals surface area (Å²) in [4.78, 5) is 0. The Morgan fingerprint density at radius 3 is 2.50 bits per heavy atom. The van der Waals surface area contributed by atoms with Crippen molar-refractivity contribution in [1.82, 2.24) is 4.72 Å². The molecule has 0 spiro atoms. The molecule has 0 aromatic carbocycles. The standard InChI is InChI=1S/C10H19F3N2O2S/c11-10(12,13)5-2-6-18(16,17)15-9-4-1-3-8(9)7-14/h8-9,15H,1-7,14H2. The van der Waals surface area contributed by atoms with Crippen molar-refractivity contribution in [2.24, 2.45) is 11.7 Å². The van der Waals surface area contributed by atoms with Gasteiger partial charge in [0.05, 0.1) is 5.75 Å². The normalized spacial score (nSPS) is 25.6. The van der Waals surface area contributed by atoms with Gasteiger partial charge in [-0.15, -0.1) is 0 Å². The number of halogens is 3. The predicted octanol–water partition coefficient (Wildman–Crippen LogP) is 1.38. The molecule has 18 heavy (non-hydrogen) atoms. The van der Waals surface area contributed by atoms with Crippen LogP contribution in [0.4, 0.5) is 13.2 Å². The first kappa shape index (κ1) is 15.7. The van der Waals surface area contributed by atoms with Gasteiger partial charge >= 0.3 is 6.18 Å². The highest BCUT2D eigenvalue weighted by Gasteiger charge is 2.31. The fourth-order valence-electron chi connectivity index (χ4n) is 2.23. The van der Waals surface area contributed by atoms with Gasteiger partial charge in [-0.2, -0.15) is 13.2 Å². The number of hydrogen-bond acceptors (Lipinski definition) is 3. The highest BCUT2D eigenvalue weighted by Crippen LogP contribution is 2.26. The van der Waals surface area contributed by atoms with Crippen LogP contribution in [0.1, 0.15) is 32.1 Å². The number of rotatable bonds is 6. The maximum absolute atomic E-state index is 11.9. The molecule has 0 aromatic heterocycles. The van der Waals surface area contributed by atoms with E-state index in [1.165, 1.54) is 0 Å². The third kappa shape index (κ3) is 5.53. The van der Waals surface area contributed by atoms with Crippen molar-refractivity contribution in [3.63, 3.8) is 0 Å². The zero-order valence-electron chi connectivity index (χ0n) is 10.0. The SMILES string of the molecule is NCC1CCCC1NS(=O)(=O)CCCC(F)(F)F. The first-order chi connectivity index (χ1) is 8.23. The van der Waals surface area contributed by atoms with E-state index in [2.05, 4.69) is 4.72 Å². The Morgan fingerprint density at radius 2 is 1.94 bits per heavy atom. The van der Waals surface area contributed by atoms with Gasteiger partial charge in [0.2, 0.25) is 10.0 Å². The van der Waals surface area contributed by atoms with E-state index in [4.69, 9.17) is 5.73 Å². The van der Waals surface area contributed by atoms with E-state index in [0.717, 1.165) is 12.8 Å². The van der Waals surface area contributed by atoms with Crippen LogP contribution in [0.3, 0.4) is 0 Å². The van der Waals surface area contributed by atoms with Crippen molar-refractivity contribution >= 4 is 10.0 Å². The second-order valence-corrected chi connectivity index (χ2v) is 6.56. The Bertz CT molecular complexity index is 357. The molecule has 2 atom stereocenters. The molecule has 1 aliphatic rings. The maximum Gasteiger partial charge on any atom is 0.389 e. The lowest BCUT2D eigenvalue weighted by atomic mass is 10.1. The van der Waals surface area contributed by atoms with Gasteiger partial charge < -0.3 is 5.73 Å².